The first-order chi connectivity index (χ1) is 11.4. The van der Waals surface area contributed by atoms with E-state index in [0.29, 0.717) is 19.5 Å². The Morgan fingerprint density at radius 2 is 2.00 bits per heavy atom. The van der Waals surface area contributed by atoms with Crippen molar-refractivity contribution in [2.24, 2.45) is 5.92 Å². The fourth-order valence-corrected chi connectivity index (χ4v) is 4.39. The van der Waals surface area contributed by atoms with Gasteiger partial charge in [-0.2, -0.15) is 17.0 Å². The molecular weight excluding hydrogens is 330 g/mol. The van der Waals surface area contributed by atoms with Gasteiger partial charge in [0.15, 0.2) is 0 Å². The average molecular weight is 353 g/mol. The van der Waals surface area contributed by atoms with E-state index in [1.165, 1.54) is 22.7 Å². The highest BCUT2D eigenvalue weighted by atomic mass is 32.2. The van der Waals surface area contributed by atoms with Gasteiger partial charge in [0.1, 0.15) is 0 Å². The lowest BCUT2D eigenvalue weighted by atomic mass is 9.99. The van der Waals surface area contributed by atoms with E-state index in [1.54, 1.807) is 0 Å². The molecule has 2 saturated heterocycles. The molecule has 1 N–H and O–H groups in total. The summed E-state index contributed by atoms with van der Waals surface area (Å²) in [6.07, 6.45) is -0.0368. The summed E-state index contributed by atoms with van der Waals surface area (Å²) in [5.74, 6) is -0.378. The molecule has 24 heavy (non-hydrogen) atoms. The Hall–Kier alpha value is -1.48. The number of morpholine rings is 1. The summed E-state index contributed by atoms with van der Waals surface area (Å²) in [6.45, 7) is 0.993. The normalized spacial score (nSPS) is 27.4. The number of carbonyl (C=O) groups is 1. The molecule has 1 aromatic carbocycles. The van der Waals surface area contributed by atoms with Gasteiger partial charge in [-0.1, -0.05) is 30.3 Å². The fraction of sp³-hybridized carbons (Fsp3) is 0.562. The van der Waals surface area contributed by atoms with E-state index in [0.717, 1.165) is 5.56 Å². The summed E-state index contributed by atoms with van der Waals surface area (Å²) >= 11 is 0. The maximum atomic E-state index is 12.5. The number of nitrogens with zero attached hydrogens (tertiary/aromatic N) is 2. The van der Waals surface area contributed by atoms with Gasteiger partial charge in [0.2, 0.25) is 5.91 Å². The highest BCUT2D eigenvalue weighted by Crippen LogP contribution is 2.33. The minimum Gasteiger partial charge on any atom is -0.371 e. The predicted octanol–water partition coefficient (Wildman–Crippen LogP) is 0.199. The topological polar surface area (TPSA) is 79.0 Å². The molecule has 0 radical (unpaired) electrons. The number of benzene rings is 1. The second-order valence-electron chi connectivity index (χ2n) is 6.45. The number of ether oxygens (including phenoxy) is 1. The SMILES string of the molecule is CN(C)S(=O)(=O)N1C[C@H]2C[C@H](C(=O)NCc3ccccc3)[C@@H](C1)O2. The van der Waals surface area contributed by atoms with Gasteiger partial charge in [-0.3, -0.25) is 4.79 Å². The highest BCUT2D eigenvalue weighted by molar-refractivity contribution is 7.86. The highest BCUT2D eigenvalue weighted by Gasteiger charge is 2.47. The van der Waals surface area contributed by atoms with Crippen LogP contribution in [0, 0.1) is 5.92 Å². The summed E-state index contributed by atoms with van der Waals surface area (Å²) in [4.78, 5) is 12.5. The standard InChI is InChI=1S/C16H23N3O4S/c1-18(2)24(21,22)19-10-13-8-14(15(11-19)23-13)16(20)17-9-12-6-4-3-5-7-12/h3-7,13-15H,8-11H2,1-2H3,(H,17,20)/t13-,14+,15-/m1/s1. The van der Waals surface area contributed by atoms with E-state index in [2.05, 4.69) is 5.32 Å². The van der Waals surface area contributed by atoms with Crippen molar-refractivity contribution in [2.75, 3.05) is 27.2 Å². The van der Waals surface area contributed by atoms with Crippen LogP contribution in [0.15, 0.2) is 30.3 Å². The number of hydrogen-bond acceptors (Lipinski definition) is 4. The van der Waals surface area contributed by atoms with Crippen LogP contribution in [0.2, 0.25) is 0 Å². The smallest absolute Gasteiger partial charge is 0.281 e. The van der Waals surface area contributed by atoms with Crippen LogP contribution in [0.3, 0.4) is 0 Å². The van der Waals surface area contributed by atoms with Crippen molar-refractivity contribution in [3.05, 3.63) is 35.9 Å². The second kappa shape index (κ2) is 6.79. The van der Waals surface area contributed by atoms with Gasteiger partial charge in [-0.25, -0.2) is 0 Å². The van der Waals surface area contributed by atoms with Crippen molar-refractivity contribution in [2.45, 2.75) is 25.2 Å². The molecule has 0 aliphatic carbocycles. The van der Waals surface area contributed by atoms with Gasteiger partial charge in [0, 0.05) is 33.7 Å². The van der Waals surface area contributed by atoms with Crippen LogP contribution < -0.4 is 5.32 Å². The molecule has 0 aromatic heterocycles. The van der Waals surface area contributed by atoms with Gasteiger partial charge in [0.05, 0.1) is 18.1 Å². The summed E-state index contributed by atoms with van der Waals surface area (Å²) in [7, 11) is -0.454. The Bertz CT molecular complexity index is 693. The zero-order valence-corrected chi connectivity index (χ0v) is 14.7. The molecule has 2 aliphatic rings. The molecule has 0 saturated carbocycles. The molecule has 3 rings (SSSR count). The van der Waals surface area contributed by atoms with Gasteiger partial charge >= 0.3 is 0 Å². The number of rotatable bonds is 5. The number of fused-ring (bicyclic) bond motifs is 2. The molecule has 3 atom stereocenters. The molecule has 2 fully saturated rings. The molecular formula is C16H23N3O4S. The Balaban J connectivity index is 1.62. The van der Waals surface area contributed by atoms with Gasteiger partial charge in [0.25, 0.3) is 10.2 Å². The quantitative estimate of drug-likeness (QED) is 0.820. The molecule has 2 aliphatic heterocycles. The van der Waals surface area contributed by atoms with Gasteiger partial charge < -0.3 is 10.1 Å². The Morgan fingerprint density at radius 1 is 1.29 bits per heavy atom. The molecule has 7 nitrogen and oxygen atoms in total. The zero-order valence-electron chi connectivity index (χ0n) is 13.9. The molecule has 0 spiro atoms. The van der Waals surface area contributed by atoms with E-state index in [9.17, 15) is 13.2 Å². The number of carbonyl (C=O) groups excluding carboxylic acids is 1. The lowest BCUT2D eigenvalue weighted by Gasteiger charge is -2.33. The predicted molar refractivity (Wildman–Crippen MR) is 89.2 cm³/mol. The van der Waals surface area contributed by atoms with E-state index < -0.39 is 10.2 Å². The average Bonchev–Trinajstić information content (AvgIpc) is 2.87. The number of nitrogens with one attached hydrogen (secondary N) is 1. The van der Waals surface area contributed by atoms with Crippen LogP contribution in [0.4, 0.5) is 0 Å². The maximum Gasteiger partial charge on any atom is 0.281 e. The molecule has 0 unspecified atom stereocenters. The summed E-state index contributed by atoms with van der Waals surface area (Å²) in [5.41, 5.74) is 1.03. The van der Waals surface area contributed by atoms with Crippen LogP contribution in [-0.4, -0.2) is 62.3 Å². The maximum absolute atomic E-state index is 12.5. The number of amides is 1. The van der Waals surface area contributed by atoms with E-state index in [-0.39, 0.29) is 30.6 Å². The first-order valence-electron chi connectivity index (χ1n) is 8.02. The minimum absolute atomic E-state index is 0.0737. The van der Waals surface area contributed by atoms with Crippen LogP contribution in [0.5, 0.6) is 0 Å². The second-order valence-corrected chi connectivity index (χ2v) is 8.59. The van der Waals surface area contributed by atoms with Gasteiger partial charge in [-0.15, -0.1) is 0 Å². The lowest BCUT2D eigenvalue weighted by Crippen LogP contribution is -2.51. The number of hydrogen-bond donors (Lipinski definition) is 1. The van der Waals surface area contributed by atoms with Crippen molar-refractivity contribution >= 4 is 16.1 Å². The molecule has 2 bridgehead atoms. The molecule has 8 heteroatoms. The fourth-order valence-electron chi connectivity index (χ4n) is 3.23. The Kier molecular flexibility index (Phi) is 4.91. The summed E-state index contributed by atoms with van der Waals surface area (Å²) in [6, 6.07) is 9.69. The van der Waals surface area contributed by atoms with Crippen LogP contribution in [-0.2, 0) is 26.3 Å². The van der Waals surface area contributed by atoms with Crippen molar-refractivity contribution in [3.8, 4) is 0 Å². The third kappa shape index (κ3) is 3.46. The Labute approximate surface area is 142 Å². The molecule has 1 amide bonds. The van der Waals surface area contributed by atoms with E-state index in [4.69, 9.17) is 4.74 Å². The molecule has 2 heterocycles. The summed E-state index contributed by atoms with van der Waals surface area (Å²) < 4.78 is 33.0. The third-order valence-electron chi connectivity index (χ3n) is 4.56. The van der Waals surface area contributed by atoms with Crippen molar-refractivity contribution in [3.63, 3.8) is 0 Å². The van der Waals surface area contributed by atoms with Crippen LogP contribution >= 0.6 is 0 Å². The van der Waals surface area contributed by atoms with Crippen molar-refractivity contribution < 1.29 is 17.9 Å². The summed E-state index contributed by atoms with van der Waals surface area (Å²) in [5, 5.41) is 2.93. The van der Waals surface area contributed by atoms with Gasteiger partial charge in [-0.05, 0) is 12.0 Å². The Morgan fingerprint density at radius 3 is 2.67 bits per heavy atom. The monoisotopic (exact) mass is 353 g/mol. The largest absolute Gasteiger partial charge is 0.371 e. The first-order valence-corrected chi connectivity index (χ1v) is 9.42. The van der Waals surface area contributed by atoms with Crippen LogP contribution in [0.1, 0.15) is 12.0 Å². The lowest BCUT2D eigenvalue weighted by molar-refractivity contribution is -0.127. The molecule has 132 valence electrons. The zero-order chi connectivity index (χ0) is 17.3. The third-order valence-corrected chi connectivity index (χ3v) is 6.43. The van der Waals surface area contributed by atoms with E-state index in [1.807, 2.05) is 30.3 Å². The first kappa shape index (κ1) is 17.3. The molecule has 1 aromatic rings. The van der Waals surface area contributed by atoms with E-state index >= 15 is 0 Å². The van der Waals surface area contributed by atoms with Crippen LogP contribution in [0.25, 0.3) is 0 Å². The van der Waals surface area contributed by atoms with Crippen molar-refractivity contribution in [1.29, 1.82) is 0 Å². The van der Waals surface area contributed by atoms with Crippen molar-refractivity contribution in [1.82, 2.24) is 13.9 Å². The minimum atomic E-state index is -3.48.